The summed E-state index contributed by atoms with van der Waals surface area (Å²) in [5, 5.41) is 46.6. The highest BCUT2D eigenvalue weighted by atomic mass is 16.8. The summed E-state index contributed by atoms with van der Waals surface area (Å²) in [4.78, 5) is 28.7. The van der Waals surface area contributed by atoms with Gasteiger partial charge in [-0.2, -0.15) is 0 Å². The predicted molar refractivity (Wildman–Crippen MR) is 129 cm³/mol. The fourth-order valence-electron chi connectivity index (χ4n) is 7.94. The second-order valence-electron chi connectivity index (χ2n) is 11.0. The molecule has 2 saturated heterocycles. The Balaban J connectivity index is 1.93. The number of aliphatic hydroxyl groups is 4. The lowest BCUT2D eigenvalue weighted by Gasteiger charge is -2.58. The van der Waals surface area contributed by atoms with Crippen LogP contribution in [0.5, 0.6) is 0 Å². The van der Waals surface area contributed by atoms with Crippen LogP contribution in [0.25, 0.3) is 0 Å². The Kier molecular flexibility index (Phi) is 4.81. The van der Waals surface area contributed by atoms with E-state index < -0.39 is 57.0 Å². The first kappa shape index (κ1) is 24.9. The average molecular weight is 497 g/mol. The topological polar surface area (TPSA) is 134 Å². The highest BCUT2D eigenvalue weighted by molar-refractivity contribution is 6.13. The highest BCUT2D eigenvalue weighted by Gasteiger charge is 2.99. The molecule has 0 aromatic rings. The number of rotatable bonds is 4. The Labute approximate surface area is 209 Å². The number of allylic oxidation sites excluding steroid dienone is 8. The number of hydrogen-bond donors (Lipinski definition) is 4. The zero-order valence-corrected chi connectivity index (χ0v) is 21.2. The van der Waals surface area contributed by atoms with E-state index in [1.807, 2.05) is 0 Å². The molecular weight excluding hydrogens is 464 g/mol. The molecule has 2 aliphatic heterocycles. The molecule has 2 heterocycles. The van der Waals surface area contributed by atoms with Crippen LogP contribution >= 0.6 is 0 Å². The van der Waals surface area contributed by atoms with Crippen molar-refractivity contribution >= 4 is 11.6 Å². The highest BCUT2D eigenvalue weighted by Crippen LogP contribution is 2.83. The Bertz CT molecular complexity index is 1190. The Morgan fingerprint density at radius 1 is 0.694 bits per heavy atom. The van der Waals surface area contributed by atoms with E-state index in [1.54, 1.807) is 50.3 Å². The van der Waals surface area contributed by atoms with Crippen molar-refractivity contribution in [2.24, 2.45) is 22.7 Å². The molecule has 3 aliphatic carbocycles. The van der Waals surface area contributed by atoms with Crippen molar-refractivity contribution in [2.75, 3.05) is 0 Å². The van der Waals surface area contributed by atoms with Gasteiger partial charge in [0.05, 0.1) is 10.8 Å². The third-order valence-electron chi connectivity index (χ3n) is 9.41. The molecule has 0 aromatic heterocycles. The van der Waals surface area contributed by atoms with Crippen molar-refractivity contribution in [2.45, 2.75) is 64.3 Å². The minimum absolute atomic E-state index is 0.113. The van der Waals surface area contributed by atoms with Gasteiger partial charge < -0.3 is 29.9 Å². The summed E-state index contributed by atoms with van der Waals surface area (Å²) in [6, 6.07) is 0. The van der Waals surface area contributed by atoms with Gasteiger partial charge in [0.2, 0.25) is 11.6 Å². The molecule has 4 N–H and O–H groups in total. The van der Waals surface area contributed by atoms with Crippen LogP contribution < -0.4 is 0 Å². The van der Waals surface area contributed by atoms with Crippen LogP contribution in [0.1, 0.15) is 41.5 Å². The molecule has 0 aromatic carbocycles. The predicted octanol–water partition coefficient (Wildman–Crippen LogP) is 3.25. The molecule has 5 rings (SSSR count). The SMILES string of the molecule is C/C=C/C=C/C(O)=C1/C(=O)C2(C)C3\C(=C(O)/C=C/C=C/C)C(=O)C4(C)C1C1(C)OC4(O)C3(C)OC12O. The van der Waals surface area contributed by atoms with Crippen molar-refractivity contribution in [1.29, 1.82) is 0 Å². The van der Waals surface area contributed by atoms with Gasteiger partial charge in [-0.1, -0.05) is 36.5 Å². The van der Waals surface area contributed by atoms with E-state index in [1.165, 1.54) is 39.8 Å². The lowest BCUT2D eigenvalue weighted by atomic mass is 9.39. The van der Waals surface area contributed by atoms with Crippen molar-refractivity contribution in [3.63, 3.8) is 0 Å². The van der Waals surface area contributed by atoms with E-state index in [4.69, 9.17) is 9.47 Å². The molecule has 0 amide bonds. The van der Waals surface area contributed by atoms with Gasteiger partial charge in [-0.25, -0.2) is 0 Å². The molecule has 0 spiro atoms. The van der Waals surface area contributed by atoms with Crippen LogP contribution in [0.2, 0.25) is 0 Å². The second kappa shape index (κ2) is 6.95. The smallest absolute Gasteiger partial charge is 0.210 e. The van der Waals surface area contributed by atoms with E-state index >= 15 is 0 Å². The number of aliphatic hydroxyl groups excluding tert-OH is 2. The van der Waals surface area contributed by atoms with Gasteiger partial charge in [-0.05, 0) is 53.7 Å². The van der Waals surface area contributed by atoms with E-state index in [2.05, 4.69) is 0 Å². The van der Waals surface area contributed by atoms with Crippen molar-refractivity contribution in [3.05, 3.63) is 71.3 Å². The summed E-state index contributed by atoms with van der Waals surface area (Å²) >= 11 is 0. The number of carbonyl (C=O) groups is 2. The maximum absolute atomic E-state index is 14.3. The lowest BCUT2D eigenvalue weighted by molar-refractivity contribution is -0.450. The van der Waals surface area contributed by atoms with Gasteiger partial charge in [-0.3, -0.25) is 9.59 Å². The quantitative estimate of drug-likeness (QED) is 0.265. The molecule has 8 nitrogen and oxygen atoms in total. The molecule has 8 heteroatoms. The zero-order chi connectivity index (χ0) is 26.7. The standard InChI is InChI=1S/C28H32O8/c1-7-9-11-13-15(29)17-19-23(3)22(32)18(16(30)14-12-10-8-2)20-24(4,21(17)31)28(34)25(19,5)35-27(23,33)26(20,6)36-28/h7-14,19-20,29-30,33-34H,1-6H3/b9-7+,10-8+,13-11+,14-12+,17-15-,18-16-. The molecule has 8 atom stereocenters. The molecular formula is C28H32O8. The summed E-state index contributed by atoms with van der Waals surface area (Å²) < 4.78 is 12.5. The number of hydrogen-bond acceptors (Lipinski definition) is 8. The Morgan fingerprint density at radius 3 is 1.33 bits per heavy atom. The maximum atomic E-state index is 14.3. The normalized spacial score (nSPS) is 51.8. The third-order valence-corrected chi connectivity index (χ3v) is 9.41. The van der Waals surface area contributed by atoms with Crippen LogP contribution in [0, 0.1) is 22.7 Å². The average Bonchev–Trinajstić information content (AvgIpc) is 3.12. The van der Waals surface area contributed by atoms with Gasteiger partial charge in [0.15, 0.2) is 11.6 Å². The van der Waals surface area contributed by atoms with Crippen molar-refractivity contribution in [1.82, 2.24) is 0 Å². The van der Waals surface area contributed by atoms with E-state index in [-0.39, 0.29) is 22.7 Å². The van der Waals surface area contributed by atoms with E-state index in [9.17, 15) is 30.0 Å². The van der Waals surface area contributed by atoms with E-state index in [0.29, 0.717) is 0 Å². The number of ketones is 2. The summed E-state index contributed by atoms with van der Waals surface area (Å²) in [6.07, 6.45) is 12.6. The molecule has 8 bridgehead atoms. The van der Waals surface area contributed by atoms with Crippen LogP contribution in [-0.4, -0.2) is 54.8 Å². The van der Waals surface area contributed by atoms with E-state index in [0.717, 1.165) is 0 Å². The van der Waals surface area contributed by atoms with Crippen molar-refractivity contribution < 1.29 is 39.5 Å². The largest absolute Gasteiger partial charge is 0.508 e. The summed E-state index contributed by atoms with van der Waals surface area (Å²) in [6.45, 7) is 9.48. The van der Waals surface area contributed by atoms with Gasteiger partial charge in [0.25, 0.3) is 0 Å². The molecule has 3 saturated carbocycles. The summed E-state index contributed by atoms with van der Waals surface area (Å²) in [7, 11) is 0. The second-order valence-corrected chi connectivity index (χ2v) is 11.0. The van der Waals surface area contributed by atoms with Crippen LogP contribution in [-0.2, 0) is 19.1 Å². The minimum atomic E-state index is -2.26. The molecule has 5 aliphatic rings. The zero-order valence-electron chi connectivity index (χ0n) is 21.2. The fourth-order valence-corrected chi connectivity index (χ4v) is 7.94. The first-order valence-corrected chi connectivity index (χ1v) is 12.1. The summed E-state index contributed by atoms with van der Waals surface area (Å²) in [5.41, 5.74) is -7.52. The van der Waals surface area contributed by atoms with Gasteiger partial charge >= 0.3 is 0 Å². The minimum Gasteiger partial charge on any atom is -0.508 e. The molecule has 0 radical (unpaired) electrons. The van der Waals surface area contributed by atoms with Gasteiger partial charge in [0, 0.05) is 23.0 Å². The Morgan fingerprint density at radius 2 is 1.03 bits per heavy atom. The summed E-state index contributed by atoms with van der Waals surface area (Å²) in [5.74, 6) is -9.12. The van der Waals surface area contributed by atoms with Gasteiger partial charge in [-0.15, -0.1) is 0 Å². The Hall–Kier alpha value is -2.78. The lowest BCUT2D eigenvalue weighted by Crippen LogP contribution is -2.74. The van der Waals surface area contributed by atoms with Crippen LogP contribution in [0.3, 0.4) is 0 Å². The first-order valence-electron chi connectivity index (χ1n) is 12.1. The third kappa shape index (κ3) is 2.15. The number of carbonyl (C=O) groups excluding carboxylic acids is 2. The molecule has 36 heavy (non-hydrogen) atoms. The maximum Gasteiger partial charge on any atom is 0.210 e. The number of Topliss-reactive ketones (excluding diaryl/α,β-unsaturated/α-hetero) is 2. The van der Waals surface area contributed by atoms with Crippen molar-refractivity contribution in [3.8, 4) is 0 Å². The van der Waals surface area contributed by atoms with Crippen LogP contribution in [0.4, 0.5) is 0 Å². The fraction of sp³-hybridized carbons (Fsp3) is 0.500. The van der Waals surface area contributed by atoms with Crippen LogP contribution in [0.15, 0.2) is 71.3 Å². The van der Waals surface area contributed by atoms with Gasteiger partial charge in [0.1, 0.15) is 22.7 Å². The molecule has 192 valence electrons. The molecule has 8 unspecified atom stereocenters. The molecule has 5 fully saturated rings. The number of ether oxygens (including phenoxy) is 2. The first-order chi connectivity index (χ1) is 16.7. The monoisotopic (exact) mass is 496 g/mol.